The van der Waals surface area contributed by atoms with Gasteiger partial charge in [-0.3, -0.25) is 4.72 Å². The number of sulfonamides is 1. The van der Waals surface area contributed by atoms with E-state index in [9.17, 15) is 8.42 Å². The quantitative estimate of drug-likeness (QED) is 0.794. The van der Waals surface area contributed by atoms with Crippen LogP contribution in [-0.2, 0) is 10.0 Å². The van der Waals surface area contributed by atoms with Gasteiger partial charge in [0, 0.05) is 24.5 Å². The minimum absolute atomic E-state index is 0.353. The Morgan fingerprint density at radius 3 is 1.96 bits per heavy atom. The topological polar surface area (TPSA) is 61.4 Å². The molecular weight excluding hydrogens is 334 g/mol. The number of aryl methyl sites for hydroxylation is 3. The molecule has 6 heteroatoms. The Hall–Kier alpha value is -2.05. The number of hydrogen-bond donors (Lipinski definition) is 2. The van der Waals surface area contributed by atoms with Gasteiger partial charge in [-0.2, -0.15) is 0 Å². The highest BCUT2D eigenvalue weighted by atomic mass is 32.2. The van der Waals surface area contributed by atoms with Crippen molar-refractivity contribution in [2.45, 2.75) is 25.7 Å². The summed E-state index contributed by atoms with van der Waals surface area (Å²) < 4.78 is 28.2. The highest BCUT2D eigenvalue weighted by molar-refractivity contribution is 7.92. The maximum absolute atomic E-state index is 12.8. The number of rotatable bonds is 7. The molecule has 0 aliphatic rings. The third-order valence-electron chi connectivity index (χ3n) is 3.90. The summed E-state index contributed by atoms with van der Waals surface area (Å²) in [5.41, 5.74) is 4.09. The molecule has 2 rings (SSSR count). The van der Waals surface area contributed by atoms with Crippen LogP contribution in [0.5, 0.6) is 0 Å². The zero-order valence-electron chi connectivity index (χ0n) is 15.6. The smallest absolute Gasteiger partial charge is 0.262 e. The minimum Gasteiger partial charge on any atom is -0.384 e. The molecule has 2 N–H and O–H groups in total. The van der Waals surface area contributed by atoms with Crippen molar-refractivity contribution >= 4 is 21.4 Å². The SMILES string of the molecule is Cc1cc(C)c(S(=O)(=O)Nc2ccc(NCCN(C)C)cc2)c(C)c1. The zero-order chi connectivity index (χ0) is 18.6. The van der Waals surface area contributed by atoms with E-state index in [1.807, 2.05) is 59.1 Å². The second-order valence-electron chi connectivity index (χ2n) is 6.64. The van der Waals surface area contributed by atoms with Crippen LogP contribution < -0.4 is 10.0 Å². The van der Waals surface area contributed by atoms with E-state index in [4.69, 9.17) is 0 Å². The van der Waals surface area contributed by atoms with Crippen LogP contribution in [-0.4, -0.2) is 40.5 Å². The first-order valence-corrected chi connectivity index (χ1v) is 9.77. The second kappa shape index (κ2) is 7.89. The van der Waals surface area contributed by atoms with Gasteiger partial charge in [-0.1, -0.05) is 17.7 Å². The summed E-state index contributed by atoms with van der Waals surface area (Å²) in [4.78, 5) is 2.45. The molecule has 2 aromatic carbocycles. The summed E-state index contributed by atoms with van der Waals surface area (Å²) >= 11 is 0. The van der Waals surface area contributed by atoms with Crippen LogP contribution in [0.25, 0.3) is 0 Å². The molecule has 0 aliphatic carbocycles. The van der Waals surface area contributed by atoms with Crippen LogP contribution >= 0.6 is 0 Å². The van der Waals surface area contributed by atoms with E-state index >= 15 is 0 Å². The molecule has 0 aliphatic heterocycles. The maximum atomic E-state index is 12.8. The molecule has 0 fully saturated rings. The lowest BCUT2D eigenvalue weighted by Gasteiger charge is -2.15. The van der Waals surface area contributed by atoms with Crippen molar-refractivity contribution in [2.24, 2.45) is 0 Å². The number of nitrogens with zero attached hydrogens (tertiary/aromatic N) is 1. The lowest BCUT2D eigenvalue weighted by atomic mass is 10.1. The molecule has 0 radical (unpaired) electrons. The van der Waals surface area contributed by atoms with Crippen LogP contribution in [0.1, 0.15) is 16.7 Å². The summed E-state index contributed by atoms with van der Waals surface area (Å²) in [5.74, 6) is 0. The van der Waals surface area contributed by atoms with Crippen LogP contribution in [0.15, 0.2) is 41.3 Å². The number of nitrogens with one attached hydrogen (secondary N) is 2. The summed E-state index contributed by atoms with van der Waals surface area (Å²) in [6, 6.07) is 11.1. The highest BCUT2D eigenvalue weighted by Gasteiger charge is 2.19. The standard InChI is InChI=1S/C19H27N3O2S/c1-14-12-15(2)19(16(3)13-14)25(23,24)21-18-8-6-17(7-9-18)20-10-11-22(4)5/h6-9,12-13,20-21H,10-11H2,1-5H3. The molecule has 0 saturated heterocycles. The lowest BCUT2D eigenvalue weighted by molar-refractivity contribution is 0.425. The predicted octanol–water partition coefficient (Wildman–Crippen LogP) is 3.39. The van der Waals surface area contributed by atoms with Gasteiger partial charge in [-0.25, -0.2) is 8.42 Å². The maximum Gasteiger partial charge on any atom is 0.262 e. The molecule has 2 aromatic rings. The number of hydrogen-bond acceptors (Lipinski definition) is 4. The van der Waals surface area contributed by atoms with Gasteiger partial charge >= 0.3 is 0 Å². The lowest BCUT2D eigenvalue weighted by Crippen LogP contribution is -2.20. The Morgan fingerprint density at radius 1 is 0.920 bits per heavy atom. The second-order valence-corrected chi connectivity index (χ2v) is 8.26. The largest absolute Gasteiger partial charge is 0.384 e. The van der Waals surface area contributed by atoms with Crippen molar-refractivity contribution in [3.05, 3.63) is 53.1 Å². The summed E-state index contributed by atoms with van der Waals surface area (Å²) in [6.07, 6.45) is 0. The van der Waals surface area contributed by atoms with Gasteiger partial charge in [0.15, 0.2) is 0 Å². The van der Waals surface area contributed by atoms with Gasteiger partial charge in [0.2, 0.25) is 0 Å². The molecule has 0 saturated carbocycles. The first kappa shape index (κ1) is 19.3. The average molecular weight is 362 g/mol. The van der Waals surface area contributed by atoms with E-state index in [-0.39, 0.29) is 0 Å². The van der Waals surface area contributed by atoms with Crippen molar-refractivity contribution in [3.8, 4) is 0 Å². The van der Waals surface area contributed by atoms with Gasteiger partial charge in [-0.05, 0) is 70.3 Å². The van der Waals surface area contributed by atoms with Gasteiger partial charge < -0.3 is 10.2 Å². The molecule has 0 heterocycles. The molecule has 136 valence electrons. The van der Waals surface area contributed by atoms with Gasteiger partial charge in [-0.15, -0.1) is 0 Å². The van der Waals surface area contributed by atoms with Crippen molar-refractivity contribution in [1.82, 2.24) is 4.90 Å². The molecular formula is C19H27N3O2S. The first-order chi connectivity index (χ1) is 11.7. The van der Waals surface area contributed by atoms with Crippen molar-refractivity contribution in [1.29, 1.82) is 0 Å². The number of benzene rings is 2. The molecule has 0 bridgehead atoms. The normalized spacial score (nSPS) is 11.6. The highest BCUT2D eigenvalue weighted by Crippen LogP contribution is 2.24. The van der Waals surface area contributed by atoms with E-state index < -0.39 is 10.0 Å². The van der Waals surface area contributed by atoms with Gasteiger partial charge in [0.05, 0.1) is 4.90 Å². The molecule has 25 heavy (non-hydrogen) atoms. The Balaban J connectivity index is 2.13. The van der Waals surface area contributed by atoms with Gasteiger partial charge in [0.1, 0.15) is 0 Å². The first-order valence-electron chi connectivity index (χ1n) is 8.28. The predicted molar refractivity (Wildman–Crippen MR) is 105 cm³/mol. The van der Waals surface area contributed by atoms with Gasteiger partial charge in [0.25, 0.3) is 10.0 Å². The fraction of sp³-hybridized carbons (Fsp3) is 0.368. The van der Waals surface area contributed by atoms with E-state index in [1.54, 1.807) is 12.1 Å². The average Bonchev–Trinajstić information content (AvgIpc) is 2.46. The fourth-order valence-corrected chi connectivity index (χ4v) is 4.39. The molecule has 0 aromatic heterocycles. The zero-order valence-corrected chi connectivity index (χ0v) is 16.4. The van der Waals surface area contributed by atoms with E-state index in [1.165, 1.54) is 0 Å². The molecule has 0 amide bonds. The van der Waals surface area contributed by atoms with Crippen LogP contribution in [0.3, 0.4) is 0 Å². The summed E-state index contributed by atoms with van der Waals surface area (Å²) in [7, 11) is 0.435. The number of likely N-dealkylation sites (N-methyl/N-ethyl adjacent to an activating group) is 1. The van der Waals surface area contributed by atoms with E-state index in [0.29, 0.717) is 10.6 Å². The van der Waals surface area contributed by atoms with Crippen molar-refractivity contribution in [3.63, 3.8) is 0 Å². The Labute approximate surface area is 151 Å². The van der Waals surface area contributed by atoms with Crippen LogP contribution in [0.2, 0.25) is 0 Å². The molecule has 0 spiro atoms. The van der Waals surface area contributed by atoms with Crippen LogP contribution in [0, 0.1) is 20.8 Å². The van der Waals surface area contributed by atoms with E-state index in [0.717, 1.165) is 35.5 Å². The third kappa shape index (κ3) is 5.21. The summed E-state index contributed by atoms with van der Waals surface area (Å²) in [5, 5.41) is 3.30. The fourth-order valence-electron chi connectivity index (χ4n) is 2.88. The minimum atomic E-state index is -3.61. The molecule has 0 atom stereocenters. The third-order valence-corrected chi connectivity index (χ3v) is 5.58. The van der Waals surface area contributed by atoms with E-state index in [2.05, 4.69) is 14.9 Å². The summed E-state index contributed by atoms with van der Waals surface area (Å²) in [6.45, 7) is 7.38. The van der Waals surface area contributed by atoms with Crippen molar-refractivity contribution < 1.29 is 8.42 Å². The Bertz CT molecular complexity index is 805. The Kier molecular flexibility index (Phi) is 6.08. The monoisotopic (exact) mass is 361 g/mol. The van der Waals surface area contributed by atoms with Crippen LogP contribution in [0.4, 0.5) is 11.4 Å². The molecule has 5 nitrogen and oxygen atoms in total. The molecule has 0 unspecified atom stereocenters. The van der Waals surface area contributed by atoms with Crippen molar-refractivity contribution in [2.75, 3.05) is 37.2 Å². The number of anilines is 2. The Morgan fingerprint density at radius 2 is 1.44 bits per heavy atom.